The summed E-state index contributed by atoms with van der Waals surface area (Å²) < 4.78 is 7.75. The second-order valence-corrected chi connectivity index (χ2v) is 6.67. The zero-order chi connectivity index (χ0) is 12.9. The second kappa shape index (κ2) is 4.23. The quantitative estimate of drug-likeness (QED) is 0.889. The lowest BCUT2D eigenvalue weighted by Crippen LogP contribution is -2.28. The van der Waals surface area contributed by atoms with Crippen molar-refractivity contribution < 1.29 is 4.74 Å². The van der Waals surface area contributed by atoms with Crippen LogP contribution in [0.1, 0.15) is 56.7 Å². The molecule has 0 radical (unpaired) electrons. The summed E-state index contributed by atoms with van der Waals surface area (Å²) in [5.41, 5.74) is 1.79. The molecule has 1 saturated heterocycles. The van der Waals surface area contributed by atoms with Gasteiger partial charge in [0.25, 0.3) is 0 Å². The summed E-state index contributed by atoms with van der Waals surface area (Å²) in [6.45, 7) is 5.30. The molecule has 0 amide bonds. The first-order valence-electron chi connectivity index (χ1n) is 7.67. The first-order valence-corrected chi connectivity index (χ1v) is 7.67. The molecule has 1 aromatic heterocycles. The van der Waals surface area contributed by atoms with Gasteiger partial charge in [0.05, 0.1) is 11.7 Å². The summed E-state index contributed by atoms with van der Waals surface area (Å²) in [6, 6.07) is 2.89. The molecule has 0 bridgehead atoms. The van der Waals surface area contributed by atoms with Crippen LogP contribution in [0.5, 0.6) is 0 Å². The monoisotopic (exact) mass is 261 g/mol. The molecule has 1 atom stereocenters. The van der Waals surface area contributed by atoms with Gasteiger partial charge in [-0.1, -0.05) is 6.92 Å². The third-order valence-corrected chi connectivity index (χ3v) is 5.26. The van der Waals surface area contributed by atoms with E-state index in [0.717, 1.165) is 32.6 Å². The van der Waals surface area contributed by atoms with E-state index in [9.17, 15) is 0 Å². The summed E-state index contributed by atoms with van der Waals surface area (Å²) in [5, 5.41) is 8.48. The molecule has 19 heavy (non-hydrogen) atoms. The summed E-state index contributed by atoms with van der Waals surface area (Å²) in [5.74, 6) is 1.84. The van der Waals surface area contributed by atoms with Crippen LogP contribution in [0.4, 0.5) is 5.82 Å². The van der Waals surface area contributed by atoms with Crippen molar-refractivity contribution >= 4 is 5.82 Å². The molecule has 4 heteroatoms. The standard InChI is InChI=1S/C15H23N3O/c1-15(5-6-15)13-2-7-16-14-10-12(17-18(13)14)11-3-8-19-9-4-11/h10-11,13,16H,2-9H2,1H3. The van der Waals surface area contributed by atoms with Crippen molar-refractivity contribution in [2.24, 2.45) is 5.41 Å². The molecule has 2 fully saturated rings. The van der Waals surface area contributed by atoms with E-state index in [2.05, 4.69) is 23.0 Å². The van der Waals surface area contributed by atoms with Crippen molar-refractivity contribution in [1.29, 1.82) is 0 Å². The average Bonchev–Trinajstić information content (AvgIpc) is 3.05. The van der Waals surface area contributed by atoms with Crippen molar-refractivity contribution in [1.82, 2.24) is 9.78 Å². The Morgan fingerprint density at radius 3 is 2.84 bits per heavy atom. The third kappa shape index (κ3) is 1.97. The van der Waals surface area contributed by atoms with Gasteiger partial charge in [0.1, 0.15) is 5.82 Å². The Morgan fingerprint density at radius 2 is 2.11 bits per heavy atom. The minimum Gasteiger partial charge on any atom is -0.381 e. The molecule has 0 spiro atoms. The Kier molecular flexibility index (Phi) is 2.62. The largest absolute Gasteiger partial charge is 0.381 e. The molecule has 4 rings (SSSR count). The summed E-state index contributed by atoms with van der Waals surface area (Å²) in [7, 11) is 0. The molecule has 1 aliphatic carbocycles. The van der Waals surface area contributed by atoms with Crippen LogP contribution in [0.15, 0.2) is 6.07 Å². The van der Waals surface area contributed by atoms with Crippen LogP contribution >= 0.6 is 0 Å². The van der Waals surface area contributed by atoms with Gasteiger partial charge in [-0.25, -0.2) is 4.68 Å². The Bertz CT molecular complexity index is 472. The van der Waals surface area contributed by atoms with Gasteiger partial charge in [-0.05, 0) is 37.5 Å². The summed E-state index contributed by atoms with van der Waals surface area (Å²) in [6.07, 6.45) is 6.20. The number of nitrogens with one attached hydrogen (secondary N) is 1. The molecule has 2 aliphatic heterocycles. The highest BCUT2D eigenvalue weighted by atomic mass is 16.5. The van der Waals surface area contributed by atoms with E-state index < -0.39 is 0 Å². The van der Waals surface area contributed by atoms with Crippen molar-refractivity contribution in [3.05, 3.63) is 11.8 Å². The van der Waals surface area contributed by atoms with Crippen molar-refractivity contribution in [2.75, 3.05) is 25.1 Å². The van der Waals surface area contributed by atoms with E-state index in [4.69, 9.17) is 9.84 Å². The number of anilines is 1. The molecule has 104 valence electrons. The van der Waals surface area contributed by atoms with E-state index in [-0.39, 0.29) is 0 Å². The van der Waals surface area contributed by atoms with Crippen LogP contribution in [0.3, 0.4) is 0 Å². The first-order chi connectivity index (χ1) is 9.26. The van der Waals surface area contributed by atoms with Gasteiger partial charge < -0.3 is 10.1 Å². The number of fused-ring (bicyclic) bond motifs is 1. The number of nitrogens with zero attached hydrogens (tertiary/aromatic N) is 2. The van der Waals surface area contributed by atoms with E-state index >= 15 is 0 Å². The molecule has 1 unspecified atom stereocenters. The number of rotatable bonds is 2. The number of hydrogen-bond donors (Lipinski definition) is 1. The maximum absolute atomic E-state index is 5.46. The minimum atomic E-state index is 0.510. The second-order valence-electron chi connectivity index (χ2n) is 6.67. The maximum atomic E-state index is 5.46. The fourth-order valence-electron chi connectivity index (χ4n) is 3.61. The van der Waals surface area contributed by atoms with E-state index in [0.29, 0.717) is 17.4 Å². The molecule has 3 heterocycles. The highest BCUT2D eigenvalue weighted by Gasteiger charge is 2.47. The molecule has 1 N–H and O–H groups in total. The van der Waals surface area contributed by atoms with E-state index in [1.165, 1.54) is 30.8 Å². The van der Waals surface area contributed by atoms with E-state index in [1.54, 1.807) is 0 Å². The van der Waals surface area contributed by atoms with Crippen LogP contribution in [-0.2, 0) is 4.74 Å². The molecular formula is C15H23N3O. The molecule has 1 aromatic rings. The van der Waals surface area contributed by atoms with Gasteiger partial charge in [0.2, 0.25) is 0 Å². The van der Waals surface area contributed by atoms with Crippen molar-refractivity contribution in [3.8, 4) is 0 Å². The normalized spacial score (nSPS) is 29.6. The van der Waals surface area contributed by atoms with Crippen molar-refractivity contribution in [3.63, 3.8) is 0 Å². The number of hydrogen-bond acceptors (Lipinski definition) is 3. The molecule has 1 saturated carbocycles. The zero-order valence-corrected chi connectivity index (χ0v) is 11.7. The Hall–Kier alpha value is -1.03. The SMILES string of the molecule is CC1(C2CCNc3cc(C4CCOCC4)nn32)CC1. The molecule has 3 aliphatic rings. The molecular weight excluding hydrogens is 238 g/mol. The van der Waals surface area contributed by atoms with Gasteiger partial charge in [-0.15, -0.1) is 0 Å². The topological polar surface area (TPSA) is 39.1 Å². The maximum Gasteiger partial charge on any atom is 0.124 e. The minimum absolute atomic E-state index is 0.510. The van der Waals surface area contributed by atoms with Gasteiger partial charge in [-0.2, -0.15) is 5.10 Å². The van der Waals surface area contributed by atoms with Gasteiger partial charge in [-0.3, -0.25) is 0 Å². The molecule has 0 aromatic carbocycles. The average molecular weight is 261 g/mol. The van der Waals surface area contributed by atoms with Crippen LogP contribution in [0.2, 0.25) is 0 Å². The number of aromatic nitrogens is 2. The summed E-state index contributed by atoms with van der Waals surface area (Å²) >= 11 is 0. The van der Waals surface area contributed by atoms with Crippen LogP contribution < -0.4 is 5.32 Å². The highest BCUT2D eigenvalue weighted by Crippen LogP contribution is 2.56. The lowest BCUT2D eigenvalue weighted by Gasteiger charge is -2.30. The predicted octanol–water partition coefficient (Wildman–Crippen LogP) is 2.93. The number of ether oxygens (including phenoxy) is 1. The van der Waals surface area contributed by atoms with Crippen LogP contribution in [0, 0.1) is 5.41 Å². The zero-order valence-electron chi connectivity index (χ0n) is 11.7. The summed E-state index contributed by atoms with van der Waals surface area (Å²) in [4.78, 5) is 0. The Labute approximate surface area is 114 Å². The lowest BCUT2D eigenvalue weighted by molar-refractivity contribution is 0.0842. The fraction of sp³-hybridized carbons (Fsp3) is 0.800. The van der Waals surface area contributed by atoms with Crippen LogP contribution in [-0.4, -0.2) is 29.5 Å². The first kappa shape index (κ1) is 11.8. The fourth-order valence-corrected chi connectivity index (χ4v) is 3.61. The highest BCUT2D eigenvalue weighted by molar-refractivity contribution is 5.41. The Morgan fingerprint density at radius 1 is 1.32 bits per heavy atom. The third-order valence-electron chi connectivity index (χ3n) is 5.26. The predicted molar refractivity (Wildman–Crippen MR) is 74.5 cm³/mol. The van der Waals surface area contributed by atoms with Gasteiger partial charge >= 0.3 is 0 Å². The van der Waals surface area contributed by atoms with E-state index in [1.807, 2.05) is 0 Å². The van der Waals surface area contributed by atoms with Gasteiger partial charge in [0, 0.05) is 31.7 Å². The van der Waals surface area contributed by atoms with Crippen LogP contribution in [0.25, 0.3) is 0 Å². The van der Waals surface area contributed by atoms with Crippen molar-refractivity contribution in [2.45, 2.75) is 51.0 Å². The lowest BCUT2D eigenvalue weighted by atomic mass is 9.95. The Balaban J connectivity index is 1.64. The molecule has 4 nitrogen and oxygen atoms in total. The smallest absolute Gasteiger partial charge is 0.124 e. The van der Waals surface area contributed by atoms with Gasteiger partial charge in [0.15, 0.2) is 0 Å².